The lowest BCUT2D eigenvalue weighted by atomic mass is 9.95. The number of rotatable bonds is 10. The molecule has 0 aromatic rings. The van der Waals surface area contributed by atoms with Crippen LogP contribution in [0.1, 0.15) is 58.8 Å². The highest BCUT2D eigenvalue weighted by molar-refractivity contribution is 5.80. The van der Waals surface area contributed by atoms with Crippen LogP contribution in [0.2, 0.25) is 0 Å². The molecule has 4 heteroatoms. The highest BCUT2D eigenvalue weighted by Crippen LogP contribution is 2.24. The fourth-order valence-corrected chi connectivity index (χ4v) is 2.99. The monoisotopic (exact) mass is 285 g/mol. The lowest BCUT2D eigenvalue weighted by Gasteiger charge is -2.27. The minimum absolute atomic E-state index is 0.175. The molecule has 0 amide bonds. The first kappa shape index (κ1) is 17.4. The van der Waals surface area contributed by atoms with Crippen molar-refractivity contribution in [1.29, 1.82) is 0 Å². The first-order chi connectivity index (χ1) is 9.62. The van der Waals surface area contributed by atoms with E-state index in [-0.39, 0.29) is 5.97 Å². The van der Waals surface area contributed by atoms with Gasteiger partial charge in [0.05, 0.1) is 7.11 Å². The highest BCUT2D eigenvalue weighted by Gasteiger charge is 2.32. The summed E-state index contributed by atoms with van der Waals surface area (Å²) in [6.07, 6.45) is 8.18. The maximum absolute atomic E-state index is 11.8. The molecular weight excluding hydrogens is 254 g/mol. The van der Waals surface area contributed by atoms with Gasteiger partial charge in [0.25, 0.3) is 0 Å². The van der Waals surface area contributed by atoms with Gasteiger partial charge in [0.15, 0.2) is 0 Å². The van der Waals surface area contributed by atoms with Gasteiger partial charge >= 0.3 is 5.97 Å². The Balaban J connectivity index is 2.12. The predicted octanol–water partition coefficient (Wildman–Crippen LogP) is 2.90. The van der Waals surface area contributed by atoms with Crippen LogP contribution < -0.4 is 5.32 Å². The third kappa shape index (κ3) is 5.80. The van der Waals surface area contributed by atoms with E-state index in [1.807, 2.05) is 13.8 Å². The van der Waals surface area contributed by atoms with E-state index >= 15 is 0 Å². The molecule has 118 valence electrons. The normalized spacial score (nSPS) is 18.9. The molecule has 0 bridgehead atoms. The largest absolute Gasteiger partial charge is 0.468 e. The molecule has 0 aromatic heterocycles. The lowest BCUT2D eigenvalue weighted by Crippen LogP contribution is -2.50. The van der Waals surface area contributed by atoms with Crippen LogP contribution in [-0.4, -0.2) is 38.4 Å². The molecule has 0 saturated heterocycles. The second kappa shape index (κ2) is 9.35. The molecule has 1 unspecified atom stereocenters. The summed E-state index contributed by atoms with van der Waals surface area (Å²) in [5.74, 6) is 0.614. The number of carbonyl (C=O) groups is 1. The molecule has 0 radical (unpaired) electrons. The van der Waals surface area contributed by atoms with Crippen LogP contribution in [0, 0.1) is 5.92 Å². The Morgan fingerprint density at radius 1 is 1.30 bits per heavy atom. The predicted molar refractivity (Wildman–Crippen MR) is 80.7 cm³/mol. The SMILES string of the molecule is CCNC(C)(CCCCOCC1CCCC1)C(=O)OC. The molecule has 0 heterocycles. The number of ether oxygens (including phenoxy) is 2. The smallest absolute Gasteiger partial charge is 0.325 e. The Morgan fingerprint density at radius 3 is 2.60 bits per heavy atom. The Labute approximate surface area is 123 Å². The number of methoxy groups -OCH3 is 1. The number of unbranched alkanes of at least 4 members (excludes halogenated alkanes) is 1. The molecule has 1 aliphatic rings. The maximum Gasteiger partial charge on any atom is 0.325 e. The minimum Gasteiger partial charge on any atom is -0.468 e. The quantitative estimate of drug-likeness (QED) is 0.495. The van der Waals surface area contributed by atoms with Crippen LogP contribution in [-0.2, 0) is 14.3 Å². The van der Waals surface area contributed by atoms with Crippen molar-refractivity contribution < 1.29 is 14.3 Å². The first-order valence-corrected chi connectivity index (χ1v) is 8.03. The Bertz CT molecular complexity index is 277. The van der Waals surface area contributed by atoms with Crippen molar-refractivity contribution in [1.82, 2.24) is 5.32 Å². The summed E-state index contributed by atoms with van der Waals surface area (Å²) >= 11 is 0. The van der Waals surface area contributed by atoms with Crippen molar-refractivity contribution in [3.63, 3.8) is 0 Å². The number of nitrogens with one attached hydrogen (secondary N) is 1. The Hall–Kier alpha value is -0.610. The van der Waals surface area contributed by atoms with Gasteiger partial charge in [-0.2, -0.15) is 0 Å². The average molecular weight is 285 g/mol. The summed E-state index contributed by atoms with van der Waals surface area (Å²) in [5, 5.41) is 3.23. The van der Waals surface area contributed by atoms with Gasteiger partial charge in [0.2, 0.25) is 0 Å². The zero-order chi connectivity index (χ0) is 14.8. The van der Waals surface area contributed by atoms with E-state index in [0.29, 0.717) is 0 Å². The van der Waals surface area contributed by atoms with Crippen molar-refractivity contribution in [2.75, 3.05) is 26.9 Å². The van der Waals surface area contributed by atoms with Crippen LogP contribution in [0.3, 0.4) is 0 Å². The lowest BCUT2D eigenvalue weighted by molar-refractivity contribution is -0.148. The van der Waals surface area contributed by atoms with Crippen LogP contribution in [0.4, 0.5) is 0 Å². The van der Waals surface area contributed by atoms with Gasteiger partial charge in [-0.15, -0.1) is 0 Å². The van der Waals surface area contributed by atoms with Gasteiger partial charge in [0.1, 0.15) is 5.54 Å². The molecule has 1 rings (SSSR count). The molecule has 20 heavy (non-hydrogen) atoms. The Kier molecular flexibility index (Phi) is 8.15. The summed E-state index contributed by atoms with van der Waals surface area (Å²) in [6.45, 7) is 6.42. The van der Waals surface area contributed by atoms with E-state index < -0.39 is 5.54 Å². The van der Waals surface area contributed by atoms with Gasteiger partial charge in [-0.3, -0.25) is 4.79 Å². The average Bonchev–Trinajstić information content (AvgIpc) is 2.95. The molecule has 1 atom stereocenters. The van der Waals surface area contributed by atoms with Gasteiger partial charge in [-0.25, -0.2) is 0 Å². The topological polar surface area (TPSA) is 47.6 Å². The van der Waals surface area contributed by atoms with Crippen LogP contribution in [0.15, 0.2) is 0 Å². The number of likely N-dealkylation sites (N-methyl/N-ethyl adjacent to an activating group) is 1. The van der Waals surface area contributed by atoms with Gasteiger partial charge in [-0.1, -0.05) is 19.8 Å². The molecular formula is C16H31NO3. The zero-order valence-electron chi connectivity index (χ0n) is 13.4. The minimum atomic E-state index is -0.561. The highest BCUT2D eigenvalue weighted by atomic mass is 16.5. The maximum atomic E-state index is 11.8. The molecule has 0 aliphatic heterocycles. The third-order valence-corrected chi connectivity index (χ3v) is 4.25. The van der Waals surface area contributed by atoms with Crippen molar-refractivity contribution in [3.05, 3.63) is 0 Å². The van der Waals surface area contributed by atoms with E-state index in [1.54, 1.807) is 0 Å². The van der Waals surface area contributed by atoms with Gasteiger partial charge < -0.3 is 14.8 Å². The first-order valence-electron chi connectivity index (χ1n) is 8.03. The van der Waals surface area contributed by atoms with Crippen molar-refractivity contribution >= 4 is 5.97 Å². The zero-order valence-corrected chi connectivity index (χ0v) is 13.4. The number of esters is 1. The summed E-state index contributed by atoms with van der Waals surface area (Å²) in [5.41, 5.74) is -0.561. The summed E-state index contributed by atoms with van der Waals surface area (Å²) in [7, 11) is 1.45. The number of hydrogen-bond acceptors (Lipinski definition) is 4. The van der Waals surface area contributed by atoms with E-state index in [2.05, 4.69) is 5.32 Å². The van der Waals surface area contributed by atoms with Gasteiger partial charge in [0, 0.05) is 13.2 Å². The second-order valence-electron chi connectivity index (χ2n) is 6.04. The van der Waals surface area contributed by atoms with E-state index in [0.717, 1.165) is 44.9 Å². The fourth-order valence-electron chi connectivity index (χ4n) is 2.99. The molecule has 0 spiro atoms. The van der Waals surface area contributed by atoms with Crippen LogP contribution in [0.5, 0.6) is 0 Å². The molecule has 4 nitrogen and oxygen atoms in total. The summed E-state index contributed by atoms with van der Waals surface area (Å²) in [4.78, 5) is 11.8. The van der Waals surface area contributed by atoms with E-state index in [1.165, 1.54) is 32.8 Å². The van der Waals surface area contributed by atoms with Crippen molar-refractivity contribution in [2.24, 2.45) is 5.92 Å². The molecule has 1 aliphatic carbocycles. The van der Waals surface area contributed by atoms with Crippen LogP contribution >= 0.6 is 0 Å². The number of hydrogen-bond donors (Lipinski definition) is 1. The Morgan fingerprint density at radius 2 is 2.00 bits per heavy atom. The second-order valence-corrected chi connectivity index (χ2v) is 6.04. The summed E-state index contributed by atoms with van der Waals surface area (Å²) < 4.78 is 10.6. The van der Waals surface area contributed by atoms with E-state index in [4.69, 9.17) is 9.47 Å². The van der Waals surface area contributed by atoms with Crippen LogP contribution in [0.25, 0.3) is 0 Å². The third-order valence-electron chi connectivity index (χ3n) is 4.25. The summed E-state index contributed by atoms with van der Waals surface area (Å²) in [6, 6.07) is 0. The molecule has 1 fully saturated rings. The standard InChI is InChI=1S/C16H31NO3/c1-4-17-16(2,15(18)19-3)11-7-8-12-20-13-14-9-5-6-10-14/h14,17H,4-13H2,1-3H3. The fraction of sp³-hybridized carbons (Fsp3) is 0.938. The van der Waals surface area contributed by atoms with E-state index in [9.17, 15) is 4.79 Å². The van der Waals surface area contributed by atoms with Crippen molar-refractivity contribution in [2.45, 2.75) is 64.3 Å². The molecule has 1 N–H and O–H groups in total. The molecule has 0 aromatic carbocycles. The number of carbonyl (C=O) groups excluding carboxylic acids is 1. The molecule has 1 saturated carbocycles. The van der Waals surface area contributed by atoms with Crippen molar-refractivity contribution in [3.8, 4) is 0 Å². The van der Waals surface area contributed by atoms with Gasteiger partial charge in [-0.05, 0) is 51.5 Å².